The molecule has 0 unspecified atom stereocenters. The molecule has 0 bridgehead atoms. The van der Waals surface area contributed by atoms with Crippen molar-refractivity contribution in [3.63, 3.8) is 0 Å². The van der Waals surface area contributed by atoms with Crippen molar-refractivity contribution in [1.29, 1.82) is 0 Å². The summed E-state index contributed by atoms with van der Waals surface area (Å²) in [5.41, 5.74) is 0.992. The number of hydrogen-bond donors (Lipinski definition) is 2. The van der Waals surface area contributed by atoms with Crippen molar-refractivity contribution in [3.8, 4) is 5.75 Å². The molecular weight excluding hydrogens is 351 g/mol. The molecule has 0 fully saturated rings. The average molecular weight is 365 g/mol. The van der Waals surface area contributed by atoms with Gasteiger partial charge >= 0.3 is 18.0 Å². The summed E-state index contributed by atoms with van der Waals surface area (Å²) in [6, 6.07) is 11.1. The van der Waals surface area contributed by atoms with E-state index in [1.165, 1.54) is 31.4 Å². The number of nitrogens with one attached hydrogen (secondary N) is 2. The van der Waals surface area contributed by atoms with Gasteiger partial charge in [-0.05, 0) is 18.2 Å². The fourth-order valence-electron chi connectivity index (χ4n) is 2.01. The number of para-hydroxylation sites is 2. The third-order valence-electron chi connectivity index (χ3n) is 3.20. The molecule has 2 aromatic carbocycles. The van der Waals surface area contributed by atoms with Gasteiger partial charge in [0.1, 0.15) is 5.75 Å². The number of hydrogen-bond acceptors (Lipinski definition) is 4. The molecule has 0 aliphatic rings. The largest absolute Gasteiger partial charge is 0.495 e. The molecule has 2 rings (SSSR count). The van der Waals surface area contributed by atoms with Gasteiger partial charge in [-0.2, -0.15) is 18.3 Å². The number of carbonyl (C=O) groups excluding carboxylic acids is 2. The molecule has 9 heteroatoms. The minimum Gasteiger partial charge on any atom is -0.495 e. The van der Waals surface area contributed by atoms with Crippen LogP contribution in [0.1, 0.15) is 11.1 Å². The number of benzene rings is 2. The highest BCUT2D eigenvalue weighted by Crippen LogP contribution is 2.31. The maximum Gasteiger partial charge on any atom is 0.417 e. The summed E-state index contributed by atoms with van der Waals surface area (Å²) in [6.45, 7) is 0. The molecule has 0 saturated carbocycles. The summed E-state index contributed by atoms with van der Waals surface area (Å²) in [6.07, 6.45) is -3.75. The van der Waals surface area contributed by atoms with E-state index < -0.39 is 23.6 Å². The maximum absolute atomic E-state index is 12.9. The SMILES string of the molecule is COc1ccccc1NC(=O)C(=O)N/N=C/c1ccccc1C(F)(F)F. The van der Waals surface area contributed by atoms with E-state index in [4.69, 9.17) is 4.74 Å². The third-order valence-corrected chi connectivity index (χ3v) is 3.20. The van der Waals surface area contributed by atoms with E-state index in [0.717, 1.165) is 12.3 Å². The number of halogens is 3. The predicted molar refractivity (Wildman–Crippen MR) is 88.8 cm³/mol. The Morgan fingerprint density at radius 1 is 1.04 bits per heavy atom. The number of carbonyl (C=O) groups is 2. The van der Waals surface area contributed by atoms with Crippen LogP contribution < -0.4 is 15.5 Å². The molecule has 0 spiro atoms. The van der Waals surface area contributed by atoms with Crippen LogP contribution in [0.2, 0.25) is 0 Å². The monoisotopic (exact) mass is 365 g/mol. The Kier molecular flexibility index (Phi) is 5.94. The average Bonchev–Trinajstić information content (AvgIpc) is 2.61. The van der Waals surface area contributed by atoms with Gasteiger partial charge in [0.15, 0.2) is 0 Å². The highest BCUT2D eigenvalue weighted by molar-refractivity contribution is 6.39. The van der Waals surface area contributed by atoms with Crippen molar-refractivity contribution in [3.05, 3.63) is 59.7 Å². The molecule has 0 aliphatic carbocycles. The van der Waals surface area contributed by atoms with E-state index >= 15 is 0 Å². The number of anilines is 1. The lowest BCUT2D eigenvalue weighted by molar-refractivity contribution is -0.137. The Bertz CT molecular complexity index is 835. The van der Waals surface area contributed by atoms with Crippen molar-refractivity contribution in [2.75, 3.05) is 12.4 Å². The smallest absolute Gasteiger partial charge is 0.417 e. The van der Waals surface area contributed by atoms with Gasteiger partial charge in [-0.25, -0.2) is 5.43 Å². The Hall–Kier alpha value is -3.36. The molecule has 2 amide bonds. The van der Waals surface area contributed by atoms with Crippen molar-refractivity contribution in [1.82, 2.24) is 5.43 Å². The predicted octanol–water partition coefficient (Wildman–Crippen LogP) is 2.80. The van der Waals surface area contributed by atoms with Gasteiger partial charge in [-0.1, -0.05) is 30.3 Å². The zero-order valence-electron chi connectivity index (χ0n) is 13.5. The van der Waals surface area contributed by atoms with Crippen LogP contribution in [0.15, 0.2) is 53.6 Å². The first kappa shape index (κ1) is 19.0. The van der Waals surface area contributed by atoms with Gasteiger partial charge in [0, 0.05) is 5.56 Å². The molecular formula is C17H14F3N3O3. The van der Waals surface area contributed by atoms with Crippen molar-refractivity contribution in [2.24, 2.45) is 5.10 Å². The molecule has 0 radical (unpaired) electrons. The van der Waals surface area contributed by atoms with E-state index in [1.807, 2.05) is 5.43 Å². The number of nitrogens with zero attached hydrogens (tertiary/aromatic N) is 1. The third kappa shape index (κ3) is 4.82. The fraction of sp³-hybridized carbons (Fsp3) is 0.118. The van der Waals surface area contributed by atoms with Crippen LogP contribution in [0.5, 0.6) is 5.75 Å². The van der Waals surface area contributed by atoms with Gasteiger partial charge in [-0.15, -0.1) is 0 Å². The highest BCUT2D eigenvalue weighted by atomic mass is 19.4. The minimum atomic E-state index is -4.56. The molecule has 0 heterocycles. The molecule has 136 valence electrons. The van der Waals surface area contributed by atoms with Gasteiger partial charge in [-0.3, -0.25) is 9.59 Å². The molecule has 0 saturated heterocycles. The molecule has 0 atom stereocenters. The van der Waals surface area contributed by atoms with E-state index in [0.29, 0.717) is 5.75 Å². The van der Waals surface area contributed by atoms with E-state index in [-0.39, 0.29) is 11.3 Å². The van der Waals surface area contributed by atoms with Crippen molar-refractivity contribution >= 4 is 23.7 Å². The number of amides is 2. The maximum atomic E-state index is 12.9. The standard InChI is InChI=1S/C17H14F3N3O3/c1-26-14-9-5-4-8-13(14)22-15(24)16(25)23-21-10-11-6-2-3-7-12(11)17(18,19)20/h2-10H,1H3,(H,22,24)(H,23,25)/b21-10+. The van der Waals surface area contributed by atoms with Gasteiger partial charge in [0.2, 0.25) is 0 Å². The second-order valence-electron chi connectivity index (χ2n) is 4.94. The Morgan fingerprint density at radius 2 is 1.69 bits per heavy atom. The topological polar surface area (TPSA) is 79.8 Å². The zero-order valence-corrected chi connectivity index (χ0v) is 13.5. The second kappa shape index (κ2) is 8.15. The number of alkyl halides is 3. The van der Waals surface area contributed by atoms with Crippen LogP contribution in [0.4, 0.5) is 18.9 Å². The molecule has 0 aliphatic heterocycles. The lowest BCUT2D eigenvalue weighted by atomic mass is 10.1. The van der Waals surface area contributed by atoms with Gasteiger partial charge in [0.25, 0.3) is 0 Å². The molecule has 26 heavy (non-hydrogen) atoms. The number of rotatable bonds is 4. The van der Waals surface area contributed by atoms with Crippen LogP contribution >= 0.6 is 0 Å². The van der Waals surface area contributed by atoms with Crippen LogP contribution in [0.3, 0.4) is 0 Å². The highest BCUT2D eigenvalue weighted by Gasteiger charge is 2.32. The van der Waals surface area contributed by atoms with E-state index in [2.05, 4.69) is 10.4 Å². The van der Waals surface area contributed by atoms with Gasteiger partial charge in [0.05, 0.1) is 24.6 Å². The lowest BCUT2D eigenvalue weighted by Gasteiger charge is -2.09. The lowest BCUT2D eigenvalue weighted by Crippen LogP contribution is -2.32. The minimum absolute atomic E-state index is 0.245. The first-order valence-corrected chi connectivity index (χ1v) is 7.26. The fourth-order valence-corrected chi connectivity index (χ4v) is 2.01. The van der Waals surface area contributed by atoms with E-state index in [1.54, 1.807) is 18.2 Å². The van der Waals surface area contributed by atoms with Gasteiger partial charge < -0.3 is 10.1 Å². The number of ether oxygens (including phenoxy) is 1. The first-order chi connectivity index (χ1) is 12.3. The zero-order chi connectivity index (χ0) is 19.2. The molecule has 2 N–H and O–H groups in total. The van der Waals surface area contributed by atoms with Crippen LogP contribution in [0, 0.1) is 0 Å². The summed E-state index contributed by atoms with van der Waals surface area (Å²) in [5, 5.41) is 5.72. The number of methoxy groups -OCH3 is 1. The summed E-state index contributed by atoms with van der Waals surface area (Å²) in [7, 11) is 1.40. The normalized spacial score (nSPS) is 11.2. The molecule has 6 nitrogen and oxygen atoms in total. The van der Waals surface area contributed by atoms with Crippen LogP contribution in [-0.4, -0.2) is 25.1 Å². The summed E-state index contributed by atoms with van der Waals surface area (Å²) in [5.74, 6) is -1.84. The second-order valence-corrected chi connectivity index (χ2v) is 4.94. The van der Waals surface area contributed by atoms with Crippen molar-refractivity contribution < 1.29 is 27.5 Å². The van der Waals surface area contributed by atoms with Crippen LogP contribution in [0.25, 0.3) is 0 Å². The number of hydrazone groups is 1. The molecule has 2 aromatic rings. The van der Waals surface area contributed by atoms with Crippen molar-refractivity contribution in [2.45, 2.75) is 6.18 Å². The summed E-state index contributed by atoms with van der Waals surface area (Å²) < 4.78 is 43.6. The molecule has 0 aromatic heterocycles. The quantitative estimate of drug-likeness (QED) is 0.497. The first-order valence-electron chi connectivity index (χ1n) is 7.26. The van der Waals surface area contributed by atoms with Crippen LogP contribution in [-0.2, 0) is 15.8 Å². The summed E-state index contributed by atoms with van der Waals surface area (Å²) in [4.78, 5) is 23.5. The van der Waals surface area contributed by atoms with E-state index in [9.17, 15) is 22.8 Å². The summed E-state index contributed by atoms with van der Waals surface area (Å²) >= 11 is 0. The Balaban J connectivity index is 2.03. The Labute approximate surface area is 146 Å². The Morgan fingerprint density at radius 3 is 2.38 bits per heavy atom.